The normalized spacial score (nSPS) is 12.6. The van der Waals surface area contributed by atoms with Gasteiger partial charge in [-0.25, -0.2) is 4.98 Å². The summed E-state index contributed by atoms with van der Waals surface area (Å²) in [6.45, 7) is 7.52. The van der Waals surface area contributed by atoms with E-state index in [0.717, 1.165) is 23.3 Å². The van der Waals surface area contributed by atoms with Gasteiger partial charge in [-0.2, -0.15) is 0 Å². The van der Waals surface area contributed by atoms with Gasteiger partial charge in [-0.1, -0.05) is 26.8 Å². The van der Waals surface area contributed by atoms with Crippen LogP contribution in [0.3, 0.4) is 0 Å². The highest BCUT2D eigenvalue weighted by Crippen LogP contribution is 2.22. The van der Waals surface area contributed by atoms with Gasteiger partial charge in [-0.3, -0.25) is 4.67 Å². The maximum Gasteiger partial charge on any atom is 0.229 e. The van der Waals surface area contributed by atoms with E-state index in [0.29, 0.717) is 14.6 Å². The number of nitrogens with zero attached hydrogens (tertiary/aromatic N) is 2. The van der Waals surface area contributed by atoms with Gasteiger partial charge >= 0.3 is 0 Å². The molecule has 0 aliphatic heterocycles. The van der Waals surface area contributed by atoms with Crippen molar-refractivity contribution < 1.29 is 4.42 Å². The highest BCUT2D eigenvalue weighted by Gasteiger charge is 2.09. The third kappa shape index (κ3) is 2.85. The van der Waals surface area contributed by atoms with Gasteiger partial charge in [0.25, 0.3) is 0 Å². The average Bonchev–Trinajstić information content (AvgIpc) is 2.69. The van der Waals surface area contributed by atoms with Crippen molar-refractivity contribution in [2.75, 3.05) is 13.6 Å². The zero-order chi connectivity index (χ0) is 12.4. The van der Waals surface area contributed by atoms with Gasteiger partial charge in [0.2, 0.25) is 5.63 Å². The Labute approximate surface area is 104 Å². The van der Waals surface area contributed by atoms with Crippen molar-refractivity contribution in [2.45, 2.75) is 26.7 Å². The van der Waals surface area contributed by atoms with Crippen molar-refractivity contribution in [3.8, 4) is 0 Å². The maximum absolute atomic E-state index is 5.73. The number of hydrogen-bond acceptors (Lipinski definition) is 3. The predicted octanol–water partition coefficient (Wildman–Crippen LogP) is 3.12. The minimum Gasteiger partial charge on any atom is -0.436 e. The number of benzene rings is 1. The lowest BCUT2D eigenvalue weighted by Gasteiger charge is -2.09. The van der Waals surface area contributed by atoms with E-state index in [9.17, 15) is 0 Å². The van der Waals surface area contributed by atoms with Gasteiger partial charge < -0.3 is 4.42 Å². The molecule has 1 heterocycles. The van der Waals surface area contributed by atoms with E-state index in [2.05, 4.69) is 49.6 Å². The van der Waals surface area contributed by atoms with Crippen LogP contribution in [0.1, 0.15) is 32.3 Å². The fourth-order valence-electron chi connectivity index (χ4n) is 1.59. The monoisotopic (exact) mass is 250 g/mol. The van der Waals surface area contributed by atoms with Crippen molar-refractivity contribution in [3.63, 3.8) is 0 Å². The summed E-state index contributed by atoms with van der Waals surface area (Å²) in [6, 6.07) is 6.27. The number of fused-ring (bicyclic) bond motifs is 1. The van der Waals surface area contributed by atoms with Crippen molar-refractivity contribution in [1.29, 1.82) is 0 Å². The SMILES string of the molecule is CCN(C)Pc1nc2cc(C(C)C)ccc2o1. The first kappa shape index (κ1) is 12.5. The second-order valence-electron chi connectivity index (χ2n) is 4.53. The highest BCUT2D eigenvalue weighted by atomic mass is 31.1. The van der Waals surface area contributed by atoms with E-state index in [1.54, 1.807) is 0 Å². The summed E-state index contributed by atoms with van der Waals surface area (Å²) in [5.41, 5.74) is 4.00. The molecule has 2 aromatic rings. The van der Waals surface area contributed by atoms with Crippen LogP contribution in [0.5, 0.6) is 0 Å². The van der Waals surface area contributed by atoms with Crippen LogP contribution in [0.25, 0.3) is 11.1 Å². The number of hydrogen-bond donors (Lipinski definition) is 0. The second-order valence-corrected chi connectivity index (χ2v) is 5.94. The zero-order valence-electron chi connectivity index (χ0n) is 10.8. The lowest BCUT2D eigenvalue weighted by Crippen LogP contribution is -2.11. The van der Waals surface area contributed by atoms with Gasteiger partial charge in [0.15, 0.2) is 5.58 Å². The molecule has 0 aliphatic rings. The van der Waals surface area contributed by atoms with E-state index in [4.69, 9.17) is 4.42 Å². The van der Waals surface area contributed by atoms with Crippen LogP contribution in [0.2, 0.25) is 0 Å². The van der Waals surface area contributed by atoms with Crippen LogP contribution in [0.4, 0.5) is 0 Å². The number of oxazole rings is 1. The van der Waals surface area contributed by atoms with Crippen LogP contribution in [0, 0.1) is 0 Å². The zero-order valence-corrected chi connectivity index (χ0v) is 11.8. The fraction of sp³-hybridized carbons (Fsp3) is 0.462. The molecule has 2 rings (SSSR count). The molecule has 0 saturated heterocycles. The first-order valence-corrected chi connectivity index (χ1v) is 6.93. The van der Waals surface area contributed by atoms with Crippen molar-refractivity contribution in [3.05, 3.63) is 23.8 Å². The van der Waals surface area contributed by atoms with Crippen LogP contribution in [-0.4, -0.2) is 23.2 Å². The molecule has 0 bridgehead atoms. The fourth-order valence-corrected chi connectivity index (χ4v) is 2.40. The summed E-state index contributed by atoms with van der Waals surface area (Å²) in [7, 11) is 2.58. The lowest BCUT2D eigenvalue weighted by atomic mass is 10.0. The molecule has 0 saturated carbocycles. The van der Waals surface area contributed by atoms with Gasteiger partial charge in [-0.05, 0) is 37.2 Å². The van der Waals surface area contributed by atoms with Crippen molar-refractivity contribution in [2.24, 2.45) is 0 Å². The molecule has 92 valence electrons. The first-order valence-electron chi connectivity index (χ1n) is 5.98. The summed E-state index contributed by atoms with van der Waals surface area (Å²) in [6.07, 6.45) is 0. The van der Waals surface area contributed by atoms with Crippen LogP contribution >= 0.6 is 8.73 Å². The molecule has 0 fully saturated rings. The Kier molecular flexibility index (Phi) is 3.80. The molecule has 0 radical (unpaired) electrons. The Morgan fingerprint density at radius 1 is 1.41 bits per heavy atom. The third-order valence-electron chi connectivity index (χ3n) is 2.84. The molecule has 0 spiro atoms. The minimum absolute atomic E-state index is 0.508. The largest absolute Gasteiger partial charge is 0.436 e. The van der Waals surface area contributed by atoms with Gasteiger partial charge in [-0.15, -0.1) is 0 Å². The molecule has 1 atom stereocenters. The molecule has 4 heteroatoms. The molecule has 3 nitrogen and oxygen atoms in total. The van der Waals surface area contributed by atoms with E-state index >= 15 is 0 Å². The van der Waals surface area contributed by atoms with Crippen LogP contribution < -0.4 is 5.63 Å². The second kappa shape index (κ2) is 5.16. The molecule has 1 aromatic heterocycles. The topological polar surface area (TPSA) is 29.3 Å². The van der Waals surface area contributed by atoms with E-state index in [1.165, 1.54) is 5.56 Å². The standard InChI is InChI=1S/C13H19N2OP/c1-5-15(4)17-13-14-11-8-10(9(2)3)6-7-12(11)16-13/h6-9,17H,5H2,1-4H3. The average molecular weight is 250 g/mol. The Bertz CT molecular complexity index is 507. The molecular weight excluding hydrogens is 231 g/mol. The summed E-state index contributed by atoms with van der Waals surface area (Å²) >= 11 is 0. The molecule has 1 aromatic carbocycles. The Hall–Kier alpha value is -0.920. The number of rotatable bonds is 4. The number of aromatic nitrogens is 1. The van der Waals surface area contributed by atoms with Crippen molar-refractivity contribution >= 4 is 25.5 Å². The minimum atomic E-state index is 0.508. The highest BCUT2D eigenvalue weighted by molar-refractivity contribution is 7.43. The Morgan fingerprint density at radius 2 is 2.18 bits per heavy atom. The quantitative estimate of drug-likeness (QED) is 0.781. The van der Waals surface area contributed by atoms with E-state index < -0.39 is 0 Å². The Morgan fingerprint density at radius 3 is 2.82 bits per heavy atom. The maximum atomic E-state index is 5.73. The third-order valence-corrected chi connectivity index (χ3v) is 3.94. The summed E-state index contributed by atoms with van der Waals surface area (Å²) in [5, 5.41) is 0. The first-order chi connectivity index (χ1) is 8.10. The summed E-state index contributed by atoms with van der Waals surface area (Å²) in [4.78, 5) is 4.55. The lowest BCUT2D eigenvalue weighted by molar-refractivity contribution is 0.582. The Balaban J connectivity index is 2.30. The van der Waals surface area contributed by atoms with Crippen molar-refractivity contribution in [1.82, 2.24) is 9.65 Å². The summed E-state index contributed by atoms with van der Waals surface area (Å²) in [5.74, 6) is 0.528. The molecular formula is C13H19N2OP. The molecule has 0 N–H and O–H groups in total. The van der Waals surface area contributed by atoms with E-state index in [-0.39, 0.29) is 0 Å². The van der Waals surface area contributed by atoms with E-state index in [1.807, 2.05) is 6.07 Å². The molecule has 17 heavy (non-hydrogen) atoms. The smallest absolute Gasteiger partial charge is 0.229 e. The van der Waals surface area contributed by atoms with Gasteiger partial charge in [0.05, 0.1) is 0 Å². The molecule has 0 amide bonds. The van der Waals surface area contributed by atoms with Crippen LogP contribution in [0.15, 0.2) is 22.6 Å². The van der Waals surface area contributed by atoms with Gasteiger partial charge in [0.1, 0.15) is 5.52 Å². The molecule has 0 aliphatic carbocycles. The van der Waals surface area contributed by atoms with Crippen LogP contribution in [-0.2, 0) is 0 Å². The van der Waals surface area contributed by atoms with Gasteiger partial charge in [0, 0.05) is 8.73 Å². The summed E-state index contributed by atoms with van der Waals surface area (Å²) < 4.78 is 7.94. The molecule has 1 unspecified atom stereocenters. The predicted molar refractivity (Wildman–Crippen MR) is 74.4 cm³/mol.